The Morgan fingerprint density at radius 3 is 2.48 bits per heavy atom. The average molecular weight is 342 g/mol. The van der Waals surface area contributed by atoms with Crippen molar-refractivity contribution in [3.63, 3.8) is 0 Å². The topological polar surface area (TPSA) is 59.4 Å². The van der Waals surface area contributed by atoms with E-state index in [1.165, 1.54) is 0 Å². The van der Waals surface area contributed by atoms with Gasteiger partial charge in [-0.15, -0.1) is 0 Å². The average Bonchev–Trinajstić information content (AvgIpc) is 2.99. The summed E-state index contributed by atoms with van der Waals surface area (Å²) in [7, 11) is 1.98. The number of benzene rings is 1. The van der Waals surface area contributed by atoms with Crippen molar-refractivity contribution < 1.29 is 9.53 Å². The third kappa shape index (κ3) is 4.46. The number of rotatable bonds is 5. The number of imidazole rings is 1. The number of carbonyl (C=O) groups is 1. The standard InChI is InChI=1S/C19H26N4O2/c1-14-11-23(12-15(2)25-14)19(24)17-6-4-16(5-7-17)8-20-9-18-10-21-13-22(18)3/h4-7,10,13-15,20H,8-9,11-12H2,1-3H3/t14-,15+. The van der Waals surface area contributed by atoms with E-state index in [1.54, 1.807) is 6.33 Å². The van der Waals surface area contributed by atoms with Crippen LogP contribution in [0.4, 0.5) is 0 Å². The number of hydrogen-bond acceptors (Lipinski definition) is 4. The van der Waals surface area contributed by atoms with Crippen molar-refractivity contribution in [1.82, 2.24) is 19.8 Å². The summed E-state index contributed by atoms with van der Waals surface area (Å²) < 4.78 is 7.70. The number of amides is 1. The van der Waals surface area contributed by atoms with Crippen LogP contribution in [0.3, 0.4) is 0 Å². The van der Waals surface area contributed by atoms with Crippen molar-refractivity contribution >= 4 is 5.91 Å². The molecule has 0 bridgehead atoms. The van der Waals surface area contributed by atoms with Gasteiger partial charge in [-0.05, 0) is 31.5 Å². The number of hydrogen-bond donors (Lipinski definition) is 1. The molecule has 1 fully saturated rings. The Bertz CT molecular complexity index is 700. The minimum absolute atomic E-state index is 0.0800. The minimum Gasteiger partial charge on any atom is -0.372 e. The highest BCUT2D eigenvalue weighted by atomic mass is 16.5. The molecule has 1 saturated heterocycles. The van der Waals surface area contributed by atoms with E-state index >= 15 is 0 Å². The zero-order valence-electron chi connectivity index (χ0n) is 15.1. The van der Waals surface area contributed by atoms with Crippen molar-refractivity contribution in [3.8, 4) is 0 Å². The largest absolute Gasteiger partial charge is 0.372 e. The van der Waals surface area contributed by atoms with Gasteiger partial charge in [0.2, 0.25) is 0 Å². The molecule has 0 unspecified atom stereocenters. The van der Waals surface area contributed by atoms with Gasteiger partial charge in [0.15, 0.2) is 0 Å². The molecule has 0 spiro atoms. The van der Waals surface area contributed by atoms with Crippen LogP contribution in [0.1, 0.15) is 35.5 Å². The molecule has 2 heterocycles. The van der Waals surface area contributed by atoms with E-state index in [-0.39, 0.29) is 18.1 Å². The van der Waals surface area contributed by atoms with Crippen LogP contribution in [0, 0.1) is 0 Å². The summed E-state index contributed by atoms with van der Waals surface area (Å²) in [6, 6.07) is 7.84. The Hall–Kier alpha value is -2.18. The first-order valence-electron chi connectivity index (χ1n) is 8.72. The third-order valence-corrected chi connectivity index (χ3v) is 4.46. The molecule has 1 amide bonds. The quantitative estimate of drug-likeness (QED) is 0.902. The van der Waals surface area contributed by atoms with Crippen LogP contribution in [0.5, 0.6) is 0 Å². The van der Waals surface area contributed by atoms with E-state index in [1.807, 2.05) is 60.8 Å². The van der Waals surface area contributed by atoms with Crippen LogP contribution in [0.25, 0.3) is 0 Å². The van der Waals surface area contributed by atoms with E-state index in [9.17, 15) is 4.79 Å². The number of carbonyl (C=O) groups excluding carboxylic acids is 1. The Balaban J connectivity index is 1.54. The van der Waals surface area contributed by atoms with Gasteiger partial charge in [0, 0.05) is 45.0 Å². The first-order valence-corrected chi connectivity index (χ1v) is 8.72. The van der Waals surface area contributed by atoms with Gasteiger partial charge in [0.05, 0.1) is 24.2 Å². The molecule has 1 aromatic heterocycles. The van der Waals surface area contributed by atoms with Gasteiger partial charge in [-0.3, -0.25) is 4.79 Å². The number of aryl methyl sites for hydroxylation is 1. The fraction of sp³-hybridized carbons (Fsp3) is 0.474. The molecular formula is C19H26N4O2. The van der Waals surface area contributed by atoms with E-state index in [4.69, 9.17) is 4.74 Å². The first kappa shape index (κ1) is 17.6. The predicted molar refractivity (Wildman–Crippen MR) is 96.1 cm³/mol. The van der Waals surface area contributed by atoms with Crippen LogP contribution in [-0.2, 0) is 24.9 Å². The summed E-state index contributed by atoms with van der Waals surface area (Å²) >= 11 is 0. The number of ether oxygens (including phenoxy) is 1. The third-order valence-electron chi connectivity index (χ3n) is 4.46. The van der Waals surface area contributed by atoms with Crippen molar-refractivity contribution in [2.45, 2.75) is 39.1 Å². The molecule has 25 heavy (non-hydrogen) atoms. The molecule has 1 N–H and O–H groups in total. The van der Waals surface area contributed by atoms with Gasteiger partial charge in [-0.1, -0.05) is 12.1 Å². The molecule has 2 atom stereocenters. The minimum atomic E-state index is 0.0800. The summed E-state index contributed by atoms with van der Waals surface area (Å²) in [6.45, 7) is 6.83. The van der Waals surface area contributed by atoms with Gasteiger partial charge in [0.1, 0.15) is 0 Å². The molecule has 2 aromatic rings. The van der Waals surface area contributed by atoms with Crippen molar-refractivity contribution in [2.24, 2.45) is 7.05 Å². The second-order valence-electron chi connectivity index (χ2n) is 6.76. The van der Waals surface area contributed by atoms with Crippen LogP contribution >= 0.6 is 0 Å². The fourth-order valence-electron chi connectivity index (χ4n) is 3.18. The molecule has 1 aliphatic rings. The molecular weight excluding hydrogens is 316 g/mol. The predicted octanol–water partition coefficient (Wildman–Crippen LogP) is 1.96. The van der Waals surface area contributed by atoms with Crippen molar-refractivity contribution in [3.05, 3.63) is 53.6 Å². The molecule has 1 aromatic carbocycles. The number of morpholine rings is 1. The Morgan fingerprint density at radius 1 is 1.20 bits per heavy atom. The summed E-state index contributed by atoms with van der Waals surface area (Å²) in [5.41, 5.74) is 3.03. The number of aromatic nitrogens is 2. The summed E-state index contributed by atoms with van der Waals surface area (Å²) in [4.78, 5) is 18.6. The molecule has 0 aliphatic carbocycles. The molecule has 0 saturated carbocycles. The SMILES string of the molecule is C[C@@H]1CN(C(=O)c2ccc(CNCc3cncn3C)cc2)C[C@H](C)O1. The van der Waals surface area contributed by atoms with Crippen LogP contribution in [-0.4, -0.2) is 45.7 Å². The van der Waals surface area contributed by atoms with Gasteiger partial charge < -0.3 is 19.5 Å². The lowest BCUT2D eigenvalue weighted by atomic mass is 10.1. The van der Waals surface area contributed by atoms with Crippen molar-refractivity contribution in [1.29, 1.82) is 0 Å². The zero-order valence-corrected chi connectivity index (χ0v) is 15.1. The van der Waals surface area contributed by atoms with Crippen LogP contribution in [0.15, 0.2) is 36.8 Å². The molecule has 3 rings (SSSR count). The van der Waals surface area contributed by atoms with Crippen LogP contribution < -0.4 is 5.32 Å². The van der Waals surface area contributed by atoms with Crippen LogP contribution in [0.2, 0.25) is 0 Å². The van der Waals surface area contributed by atoms with E-state index < -0.39 is 0 Å². The van der Waals surface area contributed by atoms with Crippen molar-refractivity contribution in [2.75, 3.05) is 13.1 Å². The highest BCUT2D eigenvalue weighted by molar-refractivity contribution is 5.94. The Morgan fingerprint density at radius 2 is 1.88 bits per heavy atom. The van der Waals surface area contributed by atoms with E-state index in [2.05, 4.69) is 10.3 Å². The second-order valence-corrected chi connectivity index (χ2v) is 6.76. The maximum Gasteiger partial charge on any atom is 0.254 e. The van der Waals surface area contributed by atoms with Gasteiger partial charge in [-0.25, -0.2) is 4.98 Å². The molecule has 6 nitrogen and oxygen atoms in total. The number of nitrogens with zero attached hydrogens (tertiary/aromatic N) is 3. The molecule has 134 valence electrons. The smallest absolute Gasteiger partial charge is 0.254 e. The number of nitrogens with one attached hydrogen (secondary N) is 1. The first-order chi connectivity index (χ1) is 12.0. The monoisotopic (exact) mass is 342 g/mol. The normalized spacial score (nSPS) is 20.7. The summed E-state index contributed by atoms with van der Waals surface area (Å²) in [5, 5.41) is 3.40. The zero-order chi connectivity index (χ0) is 17.8. The molecule has 1 aliphatic heterocycles. The molecule has 0 radical (unpaired) electrons. The van der Waals surface area contributed by atoms with Gasteiger partial charge in [0.25, 0.3) is 5.91 Å². The summed E-state index contributed by atoms with van der Waals surface area (Å²) in [6.07, 6.45) is 3.83. The van der Waals surface area contributed by atoms with E-state index in [0.29, 0.717) is 13.1 Å². The lowest BCUT2D eigenvalue weighted by Crippen LogP contribution is -2.48. The lowest BCUT2D eigenvalue weighted by Gasteiger charge is -2.35. The highest BCUT2D eigenvalue weighted by Crippen LogP contribution is 2.15. The maximum atomic E-state index is 12.7. The van der Waals surface area contributed by atoms with E-state index in [0.717, 1.165) is 29.9 Å². The Labute approximate surface area is 148 Å². The second kappa shape index (κ2) is 7.80. The maximum absolute atomic E-state index is 12.7. The fourth-order valence-corrected chi connectivity index (χ4v) is 3.18. The highest BCUT2D eigenvalue weighted by Gasteiger charge is 2.26. The summed E-state index contributed by atoms with van der Waals surface area (Å²) in [5.74, 6) is 0.0800. The van der Waals surface area contributed by atoms with Gasteiger partial charge >= 0.3 is 0 Å². The lowest BCUT2D eigenvalue weighted by molar-refractivity contribution is -0.0586. The molecule has 6 heteroatoms. The Kier molecular flexibility index (Phi) is 5.50. The van der Waals surface area contributed by atoms with Gasteiger partial charge in [-0.2, -0.15) is 0 Å².